The molecule has 42 heavy (non-hydrogen) atoms. The van der Waals surface area contributed by atoms with Gasteiger partial charge in [0.25, 0.3) is 5.88 Å². The maximum Gasteiger partial charge on any atom is 0.257 e. The molecule has 0 aliphatic heterocycles. The number of aryl methyl sites for hydroxylation is 1. The number of aromatic nitrogens is 3. The topological polar surface area (TPSA) is 105 Å². The van der Waals surface area contributed by atoms with Gasteiger partial charge in [-0.15, -0.1) is 0 Å². The van der Waals surface area contributed by atoms with Gasteiger partial charge in [-0.05, 0) is 35.4 Å². The van der Waals surface area contributed by atoms with Gasteiger partial charge in [0.2, 0.25) is 5.43 Å². The lowest BCUT2D eigenvalue weighted by Gasteiger charge is -2.16. The van der Waals surface area contributed by atoms with Gasteiger partial charge >= 0.3 is 0 Å². The maximum atomic E-state index is 15.2. The fourth-order valence-corrected chi connectivity index (χ4v) is 4.64. The molecule has 0 aliphatic rings. The zero-order valence-corrected chi connectivity index (χ0v) is 23.2. The van der Waals surface area contributed by atoms with Crippen LogP contribution in [0.25, 0.3) is 22.2 Å². The number of nitrogens with zero attached hydrogens (tertiary/aromatic N) is 3. The molecule has 11 heteroatoms. The van der Waals surface area contributed by atoms with Crippen LogP contribution in [0, 0.1) is 11.6 Å². The highest BCUT2D eigenvalue weighted by Gasteiger charge is 2.21. The average Bonchev–Trinajstić information content (AvgIpc) is 2.99. The van der Waals surface area contributed by atoms with Gasteiger partial charge in [0.15, 0.2) is 28.8 Å². The number of pyridine rings is 3. The molecule has 0 aliphatic carbocycles. The Kier molecular flexibility index (Phi) is 7.83. The molecule has 0 radical (unpaired) electrons. The molecule has 214 valence electrons. The van der Waals surface area contributed by atoms with E-state index >= 15 is 4.39 Å². The normalized spacial score (nSPS) is 10.9. The first-order valence-electron chi connectivity index (χ1n) is 12.8. The van der Waals surface area contributed by atoms with E-state index in [9.17, 15) is 14.0 Å². The summed E-state index contributed by atoms with van der Waals surface area (Å²) in [6.45, 7) is 0. The van der Waals surface area contributed by atoms with Crippen LogP contribution >= 0.6 is 0 Å². The van der Waals surface area contributed by atoms with Crippen LogP contribution in [0.3, 0.4) is 0 Å². The number of methoxy groups -OCH3 is 2. The summed E-state index contributed by atoms with van der Waals surface area (Å²) in [6, 6.07) is 12.7. The summed E-state index contributed by atoms with van der Waals surface area (Å²) in [5.41, 5.74) is 1.24. The highest BCUT2D eigenvalue weighted by Crippen LogP contribution is 2.35. The second-order valence-electron chi connectivity index (χ2n) is 9.31. The molecule has 0 unspecified atom stereocenters. The number of carbonyl (C=O) groups is 1. The van der Waals surface area contributed by atoms with E-state index in [2.05, 4.69) is 15.3 Å². The van der Waals surface area contributed by atoms with Crippen molar-refractivity contribution in [3.63, 3.8) is 0 Å². The van der Waals surface area contributed by atoms with E-state index in [1.165, 1.54) is 63.0 Å². The standard InChI is InChI=1S/C31H26F2N4O5/c1-34-30-27(18-6-8-19(32)9-7-18)29(39)20(16-37(30)2)23(38)14-17-5-10-24(21(33)13-17)42-25-11-12-35-22-15-26(40-3)31(41-4)36-28(22)25/h5-13,15-16,34H,14H2,1-4H3. The molecule has 0 atom stereocenters. The Hall–Kier alpha value is -5.32. The van der Waals surface area contributed by atoms with Crippen molar-refractivity contribution in [2.75, 3.05) is 26.6 Å². The van der Waals surface area contributed by atoms with Crippen LogP contribution in [0.2, 0.25) is 0 Å². The zero-order valence-electron chi connectivity index (χ0n) is 23.2. The number of nitrogens with one attached hydrogen (secondary N) is 1. The molecule has 0 saturated carbocycles. The third kappa shape index (κ3) is 5.36. The molecule has 0 saturated heterocycles. The third-order valence-corrected chi connectivity index (χ3v) is 6.66. The molecule has 3 heterocycles. The van der Waals surface area contributed by atoms with Crippen LogP contribution in [0.15, 0.2) is 71.8 Å². The van der Waals surface area contributed by atoms with Crippen molar-refractivity contribution in [3.05, 3.63) is 100.0 Å². The minimum Gasteiger partial charge on any atom is -0.491 e. The Balaban J connectivity index is 1.43. The van der Waals surface area contributed by atoms with E-state index in [1.807, 2.05) is 0 Å². The minimum atomic E-state index is -0.712. The molecule has 5 rings (SSSR count). The number of halogens is 2. The van der Waals surface area contributed by atoms with Crippen molar-refractivity contribution >= 4 is 22.6 Å². The lowest BCUT2D eigenvalue weighted by atomic mass is 9.98. The second-order valence-corrected chi connectivity index (χ2v) is 9.31. The Morgan fingerprint density at radius 1 is 0.976 bits per heavy atom. The summed E-state index contributed by atoms with van der Waals surface area (Å²) in [7, 11) is 6.26. The summed E-state index contributed by atoms with van der Waals surface area (Å²) in [5, 5.41) is 2.96. The Labute approximate surface area is 239 Å². The Morgan fingerprint density at radius 3 is 2.40 bits per heavy atom. The number of hydrogen-bond acceptors (Lipinski definition) is 8. The Morgan fingerprint density at radius 2 is 1.74 bits per heavy atom. The van der Waals surface area contributed by atoms with Gasteiger partial charge in [0.1, 0.15) is 17.2 Å². The molecular weight excluding hydrogens is 546 g/mol. The number of Topliss-reactive ketones (excluding diaryl/α,β-unsaturated/α-hetero) is 1. The van der Waals surface area contributed by atoms with Crippen LogP contribution in [0.5, 0.6) is 23.1 Å². The molecule has 0 fully saturated rings. The van der Waals surface area contributed by atoms with Crippen molar-refractivity contribution in [3.8, 4) is 34.3 Å². The minimum absolute atomic E-state index is 0.0738. The summed E-state index contributed by atoms with van der Waals surface area (Å²) in [4.78, 5) is 35.4. The van der Waals surface area contributed by atoms with E-state index < -0.39 is 22.8 Å². The zero-order chi connectivity index (χ0) is 30.0. The molecule has 9 nitrogen and oxygen atoms in total. The predicted octanol–water partition coefficient (Wildman–Crippen LogP) is 5.55. The number of benzene rings is 2. The number of anilines is 1. The number of hydrogen-bond donors (Lipinski definition) is 1. The molecule has 2 aromatic carbocycles. The second kappa shape index (κ2) is 11.7. The van der Waals surface area contributed by atoms with Crippen LogP contribution in [0.4, 0.5) is 14.6 Å². The average molecular weight is 573 g/mol. The van der Waals surface area contributed by atoms with E-state index in [0.717, 1.165) is 0 Å². The van der Waals surface area contributed by atoms with Gasteiger partial charge in [-0.3, -0.25) is 14.6 Å². The largest absolute Gasteiger partial charge is 0.491 e. The molecular formula is C31H26F2N4O5. The van der Waals surface area contributed by atoms with Crippen molar-refractivity contribution in [1.82, 2.24) is 14.5 Å². The number of ether oxygens (including phenoxy) is 3. The maximum absolute atomic E-state index is 15.2. The van der Waals surface area contributed by atoms with Crippen molar-refractivity contribution in [1.29, 1.82) is 0 Å². The summed E-state index contributed by atoms with van der Waals surface area (Å²) < 4.78 is 46.7. The van der Waals surface area contributed by atoms with E-state index in [0.29, 0.717) is 33.7 Å². The van der Waals surface area contributed by atoms with E-state index in [4.69, 9.17) is 14.2 Å². The fourth-order valence-electron chi connectivity index (χ4n) is 4.64. The van der Waals surface area contributed by atoms with E-state index in [1.54, 1.807) is 36.9 Å². The molecule has 1 N–H and O–H groups in total. The lowest BCUT2D eigenvalue weighted by molar-refractivity contribution is 0.0991. The first-order valence-corrected chi connectivity index (χ1v) is 12.8. The van der Waals surface area contributed by atoms with Crippen molar-refractivity contribution in [2.24, 2.45) is 7.05 Å². The third-order valence-electron chi connectivity index (χ3n) is 6.66. The van der Waals surface area contributed by atoms with Gasteiger partial charge in [0.05, 0.1) is 30.9 Å². The Bertz CT molecular complexity index is 1870. The summed E-state index contributed by atoms with van der Waals surface area (Å²) in [5.74, 6) is -0.449. The highest BCUT2D eigenvalue weighted by molar-refractivity contribution is 5.99. The van der Waals surface area contributed by atoms with Crippen molar-refractivity contribution in [2.45, 2.75) is 6.42 Å². The van der Waals surface area contributed by atoms with Crippen molar-refractivity contribution < 1.29 is 27.8 Å². The molecule has 0 bridgehead atoms. The van der Waals surface area contributed by atoms with Gasteiger partial charge in [-0.2, -0.15) is 0 Å². The van der Waals surface area contributed by atoms with Gasteiger partial charge in [-0.25, -0.2) is 13.8 Å². The molecule has 0 amide bonds. The van der Waals surface area contributed by atoms with Crippen LogP contribution in [-0.2, 0) is 13.5 Å². The summed E-state index contributed by atoms with van der Waals surface area (Å²) >= 11 is 0. The summed E-state index contributed by atoms with van der Waals surface area (Å²) in [6.07, 6.45) is 2.70. The quantitative estimate of drug-likeness (QED) is 0.229. The predicted molar refractivity (Wildman–Crippen MR) is 154 cm³/mol. The van der Waals surface area contributed by atoms with Gasteiger partial charge in [-0.1, -0.05) is 18.2 Å². The molecule has 0 spiro atoms. The van der Waals surface area contributed by atoms with Crippen LogP contribution < -0.4 is 25.0 Å². The fraction of sp³-hybridized carbons (Fsp3) is 0.161. The molecule has 3 aromatic heterocycles. The van der Waals surface area contributed by atoms with Gasteiger partial charge in [0, 0.05) is 45.0 Å². The van der Waals surface area contributed by atoms with Crippen LogP contribution in [0.1, 0.15) is 15.9 Å². The molecule has 5 aromatic rings. The number of fused-ring (bicyclic) bond motifs is 1. The highest BCUT2D eigenvalue weighted by atomic mass is 19.1. The number of carbonyl (C=O) groups excluding carboxylic acids is 1. The monoisotopic (exact) mass is 572 g/mol. The SMILES string of the molecule is CNc1c(-c2ccc(F)cc2)c(=O)c(C(=O)Cc2ccc(Oc3ccnc4cc(OC)c(OC)nc34)c(F)c2)cn1C. The number of rotatable bonds is 9. The smallest absolute Gasteiger partial charge is 0.257 e. The first kappa shape index (κ1) is 28.2. The number of ketones is 1. The van der Waals surface area contributed by atoms with Crippen LogP contribution in [-0.4, -0.2) is 41.6 Å². The van der Waals surface area contributed by atoms with Gasteiger partial charge < -0.3 is 24.1 Å². The van der Waals surface area contributed by atoms with E-state index in [-0.39, 0.29) is 34.9 Å². The lowest BCUT2D eigenvalue weighted by Crippen LogP contribution is -2.23. The first-order chi connectivity index (χ1) is 20.2.